The Morgan fingerprint density at radius 3 is 2.22 bits per heavy atom. The summed E-state index contributed by atoms with van der Waals surface area (Å²) in [5.41, 5.74) is 0. The second-order valence-corrected chi connectivity index (χ2v) is 5.59. The number of rotatable bonds is 6. The molecule has 0 aromatic rings. The minimum Gasteiger partial charge on any atom is -0.314 e. The van der Waals surface area contributed by atoms with Gasteiger partial charge in [0.2, 0.25) is 0 Å². The summed E-state index contributed by atoms with van der Waals surface area (Å²) in [7, 11) is 0. The predicted octanol–water partition coefficient (Wildman–Crippen LogP) is 2.79. The summed E-state index contributed by atoms with van der Waals surface area (Å²) in [4.78, 5) is 2.18. The monoisotopic (exact) mass is 264 g/mol. The van der Waals surface area contributed by atoms with Crippen molar-refractivity contribution >= 4 is 0 Å². The van der Waals surface area contributed by atoms with Gasteiger partial charge in [-0.3, -0.25) is 0 Å². The Labute approximate surface area is 107 Å². The molecule has 2 fully saturated rings. The number of alkyl halides is 3. The number of unbranched alkanes of at least 4 members (excludes halogenated alkanes) is 1. The van der Waals surface area contributed by atoms with E-state index >= 15 is 0 Å². The molecular weight excluding hydrogens is 241 g/mol. The number of piperidine rings is 1. The first kappa shape index (κ1) is 14.1. The summed E-state index contributed by atoms with van der Waals surface area (Å²) in [6, 6.07) is 0.757. The van der Waals surface area contributed by atoms with E-state index < -0.39 is 12.1 Å². The van der Waals surface area contributed by atoms with Crippen LogP contribution < -0.4 is 5.32 Å². The molecule has 106 valence electrons. The van der Waals surface area contributed by atoms with Crippen LogP contribution in [-0.2, 0) is 0 Å². The molecule has 1 N–H and O–H groups in total. The van der Waals surface area contributed by atoms with Crippen molar-refractivity contribution in [2.24, 2.45) is 5.92 Å². The Bertz CT molecular complexity index is 243. The largest absolute Gasteiger partial charge is 0.391 e. The van der Waals surface area contributed by atoms with Crippen molar-refractivity contribution in [3.8, 4) is 0 Å². The highest BCUT2D eigenvalue weighted by atomic mass is 19.4. The molecule has 0 atom stereocenters. The van der Waals surface area contributed by atoms with E-state index in [0.29, 0.717) is 13.1 Å². The zero-order chi connectivity index (χ0) is 13.0. The van der Waals surface area contributed by atoms with Gasteiger partial charge < -0.3 is 10.2 Å². The first-order valence-corrected chi connectivity index (χ1v) is 7.08. The third-order valence-corrected chi connectivity index (χ3v) is 3.96. The summed E-state index contributed by atoms with van der Waals surface area (Å²) >= 11 is 0. The fraction of sp³-hybridized carbons (Fsp3) is 1.00. The topological polar surface area (TPSA) is 15.3 Å². The number of halogens is 3. The summed E-state index contributed by atoms with van der Waals surface area (Å²) in [6.07, 6.45) is 1.43. The van der Waals surface area contributed by atoms with E-state index in [1.54, 1.807) is 0 Å². The van der Waals surface area contributed by atoms with E-state index in [4.69, 9.17) is 0 Å². The lowest BCUT2D eigenvalue weighted by Gasteiger charge is -2.32. The Morgan fingerprint density at radius 1 is 1.00 bits per heavy atom. The van der Waals surface area contributed by atoms with Crippen LogP contribution in [-0.4, -0.2) is 43.3 Å². The summed E-state index contributed by atoms with van der Waals surface area (Å²) in [5, 5.41) is 3.45. The highest BCUT2D eigenvalue weighted by Gasteiger charge is 2.40. The molecule has 5 heteroatoms. The van der Waals surface area contributed by atoms with E-state index in [9.17, 15) is 13.2 Å². The average Bonchev–Trinajstić information content (AvgIpc) is 3.12. The summed E-state index contributed by atoms with van der Waals surface area (Å²) < 4.78 is 37.4. The van der Waals surface area contributed by atoms with Gasteiger partial charge in [0.1, 0.15) is 0 Å². The van der Waals surface area contributed by atoms with Crippen LogP contribution in [0.15, 0.2) is 0 Å². The second kappa shape index (κ2) is 6.24. The van der Waals surface area contributed by atoms with Crippen molar-refractivity contribution in [3.05, 3.63) is 0 Å². The zero-order valence-electron chi connectivity index (χ0n) is 10.8. The highest BCUT2D eigenvalue weighted by Crippen LogP contribution is 2.34. The van der Waals surface area contributed by atoms with Gasteiger partial charge in [-0.25, -0.2) is 0 Å². The predicted molar refractivity (Wildman–Crippen MR) is 65.5 cm³/mol. The molecule has 1 saturated carbocycles. The third kappa shape index (κ3) is 4.76. The zero-order valence-corrected chi connectivity index (χ0v) is 10.8. The highest BCUT2D eigenvalue weighted by molar-refractivity contribution is 4.80. The van der Waals surface area contributed by atoms with Gasteiger partial charge >= 0.3 is 6.18 Å². The minimum atomic E-state index is -3.99. The van der Waals surface area contributed by atoms with Crippen LogP contribution in [0.3, 0.4) is 0 Å². The number of nitrogens with zero attached hydrogens (tertiary/aromatic N) is 1. The van der Waals surface area contributed by atoms with Crippen LogP contribution in [0.5, 0.6) is 0 Å². The van der Waals surface area contributed by atoms with Gasteiger partial charge in [0.15, 0.2) is 0 Å². The van der Waals surface area contributed by atoms with Crippen molar-refractivity contribution in [1.82, 2.24) is 10.2 Å². The molecule has 0 spiro atoms. The average molecular weight is 264 g/mol. The molecule has 2 rings (SSSR count). The Balaban J connectivity index is 1.50. The molecule has 0 aromatic heterocycles. The lowest BCUT2D eigenvalue weighted by molar-refractivity contribution is -0.185. The molecule has 0 amide bonds. The maximum Gasteiger partial charge on any atom is 0.391 e. The molecule has 0 unspecified atom stereocenters. The van der Waals surface area contributed by atoms with Gasteiger partial charge in [0, 0.05) is 6.04 Å². The molecule has 0 radical (unpaired) electrons. The van der Waals surface area contributed by atoms with Gasteiger partial charge in [-0.05, 0) is 64.7 Å². The van der Waals surface area contributed by atoms with Crippen molar-refractivity contribution in [2.75, 3.05) is 26.2 Å². The van der Waals surface area contributed by atoms with E-state index in [2.05, 4.69) is 10.2 Å². The molecule has 2 aliphatic rings. The van der Waals surface area contributed by atoms with E-state index in [1.807, 2.05) is 0 Å². The molecular formula is C13H23F3N2. The minimum absolute atomic E-state index is 0.282. The van der Waals surface area contributed by atoms with E-state index in [0.717, 1.165) is 32.0 Å². The van der Waals surface area contributed by atoms with Crippen LogP contribution in [0.2, 0.25) is 0 Å². The Morgan fingerprint density at radius 2 is 1.67 bits per heavy atom. The molecule has 1 aliphatic carbocycles. The summed E-state index contributed by atoms with van der Waals surface area (Å²) in [6.45, 7) is 3.24. The van der Waals surface area contributed by atoms with Crippen LogP contribution in [0, 0.1) is 5.92 Å². The number of hydrogen-bond acceptors (Lipinski definition) is 2. The second-order valence-electron chi connectivity index (χ2n) is 5.59. The third-order valence-electron chi connectivity index (χ3n) is 3.96. The molecule has 1 heterocycles. The van der Waals surface area contributed by atoms with Crippen LogP contribution in [0.25, 0.3) is 0 Å². The SMILES string of the molecule is FC(F)(F)C1CCN(CCCCNC2CC2)CC1. The van der Waals surface area contributed by atoms with Gasteiger partial charge in [-0.15, -0.1) is 0 Å². The Kier molecular flexibility index (Phi) is 4.90. The molecule has 1 saturated heterocycles. The number of likely N-dealkylation sites (tertiary alicyclic amines) is 1. The normalized spacial score (nSPS) is 23.5. The van der Waals surface area contributed by atoms with Crippen LogP contribution in [0.4, 0.5) is 13.2 Å². The van der Waals surface area contributed by atoms with Crippen molar-refractivity contribution in [1.29, 1.82) is 0 Å². The first-order chi connectivity index (χ1) is 8.55. The van der Waals surface area contributed by atoms with Crippen molar-refractivity contribution in [3.63, 3.8) is 0 Å². The standard InChI is InChI=1S/C13H23F3N2/c14-13(15,16)11-5-9-18(10-6-11)8-2-1-7-17-12-3-4-12/h11-12,17H,1-10H2. The first-order valence-electron chi connectivity index (χ1n) is 7.08. The maximum absolute atomic E-state index is 12.5. The smallest absolute Gasteiger partial charge is 0.314 e. The van der Waals surface area contributed by atoms with Gasteiger partial charge in [-0.2, -0.15) is 13.2 Å². The maximum atomic E-state index is 12.5. The van der Waals surface area contributed by atoms with Gasteiger partial charge in [0.05, 0.1) is 5.92 Å². The molecule has 18 heavy (non-hydrogen) atoms. The Hall–Kier alpha value is -0.290. The van der Waals surface area contributed by atoms with Gasteiger partial charge in [-0.1, -0.05) is 0 Å². The molecule has 0 aromatic carbocycles. The quantitative estimate of drug-likeness (QED) is 0.742. The number of hydrogen-bond donors (Lipinski definition) is 1. The molecule has 0 bridgehead atoms. The molecule has 1 aliphatic heterocycles. The van der Waals surface area contributed by atoms with E-state index in [-0.39, 0.29) is 12.8 Å². The van der Waals surface area contributed by atoms with Crippen LogP contribution >= 0.6 is 0 Å². The fourth-order valence-corrected chi connectivity index (χ4v) is 2.54. The van der Waals surface area contributed by atoms with Crippen molar-refractivity contribution < 1.29 is 13.2 Å². The summed E-state index contributed by atoms with van der Waals surface area (Å²) in [5.74, 6) is -1.06. The lowest BCUT2D eigenvalue weighted by Crippen LogP contribution is -2.39. The van der Waals surface area contributed by atoms with Crippen LogP contribution in [0.1, 0.15) is 38.5 Å². The van der Waals surface area contributed by atoms with Gasteiger partial charge in [0.25, 0.3) is 0 Å². The fourth-order valence-electron chi connectivity index (χ4n) is 2.54. The number of nitrogens with one attached hydrogen (secondary N) is 1. The van der Waals surface area contributed by atoms with E-state index in [1.165, 1.54) is 12.8 Å². The lowest BCUT2D eigenvalue weighted by atomic mass is 9.96. The van der Waals surface area contributed by atoms with Crippen molar-refractivity contribution in [2.45, 2.75) is 50.7 Å². The molecule has 2 nitrogen and oxygen atoms in total.